The Hall–Kier alpha value is -2.87. The number of benzene rings is 2. The number of anilines is 1. The molecular formula is C21H25NO6S. The molecule has 0 saturated carbocycles. The molecule has 0 aliphatic rings. The SMILES string of the molecule is COC(=O)[C@@H](C)OC(=O)c1ccc(C)c(NS(=O)(=O)c2c(C)cc(C)cc2C)c1. The molecule has 8 heteroatoms. The van der Waals surface area contributed by atoms with Crippen LogP contribution < -0.4 is 4.72 Å². The highest BCUT2D eigenvalue weighted by Gasteiger charge is 2.23. The first-order valence-corrected chi connectivity index (χ1v) is 10.4. The first kappa shape index (κ1) is 22.4. The maximum absolute atomic E-state index is 13.0. The molecule has 0 radical (unpaired) electrons. The van der Waals surface area contributed by atoms with Gasteiger partial charge in [0, 0.05) is 0 Å². The molecule has 0 fully saturated rings. The van der Waals surface area contributed by atoms with Crippen LogP contribution in [-0.4, -0.2) is 33.6 Å². The number of aryl methyl sites for hydroxylation is 4. The van der Waals surface area contributed by atoms with Gasteiger partial charge in [0.15, 0.2) is 6.10 Å². The summed E-state index contributed by atoms with van der Waals surface area (Å²) in [7, 11) is -2.68. The molecule has 0 saturated heterocycles. The number of hydrogen-bond acceptors (Lipinski definition) is 6. The van der Waals surface area contributed by atoms with E-state index in [1.54, 1.807) is 39.0 Å². The van der Waals surface area contributed by atoms with E-state index in [1.807, 2.05) is 6.92 Å². The minimum Gasteiger partial charge on any atom is -0.466 e. The van der Waals surface area contributed by atoms with Crippen molar-refractivity contribution in [1.82, 2.24) is 0 Å². The maximum atomic E-state index is 13.0. The molecular weight excluding hydrogens is 394 g/mol. The summed E-state index contributed by atoms with van der Waals surface area (Å²) in [6.45, 7) is 8.49. The molecule has 2 rings (SSSR count). The fourth-order valence-electron chi connectivity index (χ4n) is 3.09. The third-order valence-corrected chi connectivity index (χ3v) is 6.08. The van der Waals surface area contributed by atoms with Gasteiger partial charge in [0.1, 0.15) is 0 Å². The Labute approximate surface area is 171 Å². The Kier molecular flexibility index (Phi) is 6.69. The van der Waals surface area contributed by atoms with Gasteiger partial charge in [0.05, 0.1) is 23.3 Å². The summed E-state index contributed by atoms with van der Waals surface area (Å²) in [6.07, 6.45) is -1.08. The lowest BCUT2D eigenvalue weighted by Crippen LogP contribution is -2.25. The van der Waals surface area contributed by atoms with Crippen LogP contribution in [-0.2, 0) is 24.3 Å². The number of carbonyl (C=O) groups excluding carboxylic acids is 2. The van der Waals surface area contributed by atoms with Crippen LogP contribution in [0.3, 0.4) is 0 Å². The van der Waals surface area contributed by atoms with Crippen molar-refractivity contribution >= 4 is 27.6 Å². The van der Waals surface area contributed by atoms with Gasteiger partial charge in [-0.25, -0.2) is 18.0 Å². The number of rotatable bonds is 6. The van der Waals surface area contributed by atoms with Crippen LogP contribution in [0, 0.1) is 27.7 Å². The van der Waals surface area contributed by atoms with Gasteiger partial charge in [-0.2, -0.15) is 0 Å². The molecule has 7 nitrogen and oxygen atoms in total. The zero-order valence-corrected chi connectivity index (χ0v) is 18.1. The average molecular weight is 419 g/mol. The highest BCUT2D eigenvalue weighted by molar-refractivity contribution is 7.92. The normalized spacial score (nSPS) is 12.2. The van der Waals surface area contributed by atoms with Crippen LogP contribution in [0.15, 0.2) is 35.2 Å². The summed E-state index contributed by atoms with van der Waals surface area (Å²) in [4.78, 5) is 24.0. The minimum atomic E-state index is -3.87. The molecule has 0 aromatic heterocycles. The zero-order valence-electron chi connectivity index (χ0n) is 17.3. The van der Waals surface area contributed by atoms with Gasteiger partial charge in [0.25, 0.3) is 10.0 Å². The number of hydrogen-bond donors (Lipinski definition) is 1. The summed E-state index contributed by atoms with van der Waals surface area (Å²) < 4.78 is 38.2. The highest BCUT2D eigenvalue weighted by atomic mass is 32.2. The number of ether oxygens (including phenoxy) is 2. The van der Waals surface area contributed by atoms with Crippen molar-refractivity contribution in [3.63, 3.8) is 0 Å². The summed E-state index contributed by atoms with van der Waals surface area (Å²) in [6, 6.07) is 8.10. The fraction of sp³-hybridized carbons (Fsp3) is 0.333. The van der Waals surface area contributed by atoms with Crippen LogP contribution in [0.4, 0.5) is 5.69 Å². The Morgan fingerprint density at radius 1 is 0.966 bits per heavy atom. The number of sulfonamides is 1. The topological polar surface area (TPSA) is 98.8 Å². The molecule has 0 aliphatic carbocycles. The lowest BCUT2D eigenvalue weighted by atomic mass is 10.1. The summed E-state index contributed by atoms with van der Waals surface area (Å²) in [5, 5.41) is 0. The molecule has 0 spiro atoms. The van der Waals surface area contributed by atoms with E-state index in [-0.39, 0.29) is 16.1 Å². The number of methoxy groups -OCH3 is 1. The van der Waals surface area contributed by atoms with E-state index in [0.717, 1.165) is 5.56 Å². The second-order valence-corrected chi connectivity index (χ2v) is 8.55. The molecule has 1 atom stereocenters. The minimum absolute atomic E-state index is 0.112. The molecule has 156 valence electrons. The van der Waals surface area contributed by atoms with Crippen LogP contribution in [0.5, 0.6) is 0 Å². The van der Waals surface area contributed by atoms with Gasteiger partial charge < -0.3 is 9.47 Å². The molecule has 0 amide bonds. The van der Waals surface area contributed by atoms with Crippen molar-refractivity contribution in [2.24, 2.45) is 0 Å². The largest absolute Gasteiger partial charge is 0.466 e. The molecule has 1 N–H and O–H groups in total. The van der Waals surface area contributed by atoms with Crippen molar-refractivity contribution in [2.75, 3.05) is 11.8 Å². The Bertz CT molecular complexity index is 1040. The molecule has 0 bridgehead atoms. The average Bonchev–Trinajstić information content (AvgIpc) is 2.61. The third-order valence-electron chi connectivity index (χ3n) is 4.41. The van der Waals surface area contributed by atoms with Gasteiger partial charge in [-0.3, -0.25) is 4.72 Å². The second-order valence-electron chi connectivity index (χ2n) is 6.93. The molecule has 2 aromatic rings. The standard InChI is InChI=1S/C21H25NO6S/c1-12-9-14(3)19(15(4)10-12)29(25,26)22-18-11-17(8-7-13(18)2)21(24)28-16(5)20(23)27-6/h7-11,16,22H,1-6H3/t16-/m1/s1. The predicted molar refractivity (Wildman–Crippen MR) is 110 cm³/mol. The molecule has 0 heterocycles. The Balaban J connectivity index is 2.36. The van der Waals surface area contributed by atoms with Crippen LogP contribution >= 0.6 is 0 Å². The lowest BCUT2D eigenvalue weighted by Gasteiger charge is -2.16. The van der Waals surface area contributed by atoms with Crippen molar-refractivity contribution in [1.29, 1.82) is 0 Å². The van der Waals surface area contributed by atoms with Gasteiger partial charge in [-0.15, -0.1) is 0 Å². The van der Waals surface area contributed by atoms with E-state index in [1.165, 1.54) is 26.2 Å². The fourth-order valence-corrected chi connectivity index (χ4v) is 4.67. The quantitative estimate of drug-likeness (QED) is 0.720. The van der Waals surface area contributed by atoms with Crippen molar-refractivity contribution < 1.29 is 27.5 Å². The van der Waals surface area contributed by atoms with Gasteiger partial charge in [0.2, 0.25) is 0 Å². The van der Waals surface area contributed by atoms with E-state index >= 15 is 0 Å². The van der Waals surface area contributed by atoms with E-state index in [4.69, 9.17) is 4.74 Å². The van der Waals surface area contributed by atoms with E-state index < -0.39 is 28.1 Å². The van der Waals surface area contributed by atoms with Crippen LogP contribution in [0.25, 0.3) is 0 Å². The van der Waals surface area contributed by atoms with Crippen molar-refractivity contribution in [2.45, 2.75) is 45.6 Å². The predicted octanol–water partition coefficient (Wildman–Crippen LogP) is 3.44. The lowest BCUT2D eigenvalue weighted by molar-refractivity contribution is -0.149. The van der Waals surface area contributed by atoms with Gasteiger partial charge >= 0.3 is 11.9 Å². The smallest absolute Gasteiger partial charge is 0.346 e. The van der Waals surface area contributed by atoms with E-state index in [2.05, 4.69) is 9.46 Å². The van der Waals surface area contributed by atoms with Crippen LogP contribution in [0.1, 0.15) is 39.5 Å². The van der Waals surface area contributed by atoms with Crippen molar-refractivity contribution in [3.8, 4) is 0 Å². The summed E-state index contributed by atoms with van der Waals surface area (Å²) >= 11 is 0. The van der Waals surface area contributed by atoms with Crippen molar-refractivity contribution in [3.05, 3.63) is 58.1 Å². The molecule has 0 unspecified atom stereocenters. The Morgan fingerprint density at radius 2 is 1.55 bits per heavy atom. The summed E-state index contributed by atoms with van der Waals surface area (Å²) in [5.41, 5.74) is 3.24. The summed E-state index contributed by atoms with van der Waals surface area (Å²) in [5.74, 6) is -1.44. The first-order chi connectivity index (χ1) is 13.5. The Morgan fingerprint density at radius 3 is 2.10 bits per heavy atom. The third kappa shape index (κ3) is 5.14. The first-order valence-electron chi connectivity index (χ1n) is 8.96. The number of nitrogens with one attached hydrogen (secondary N) is 1. The van der Waals surface area contributed by atoms with E-state index in [0.29, 0.717) is 16.7 Å². The molecule has 0 aliphatic heterocycles. The monoisotopic (exact) mass is 419 g/mol. The molecule has 29 heavy (non-hydrogen) atoms. The highest BCUT2D eigenvalue weighted by Crippen LogP contribution is 2.26. The van der Waals surface area contributed by atoms with E-state index in [9.17, 15) is 18.0 Å². The second kappa shape index (κ2) is 8.65. The maximum Gasteiger partial charge on any atom is 0.346 e. The number of esters is 2. The molecule has 2 aromatic carbocycles. The van der Waals surface area contributed by atoms with Crippen LogP contribution in [0.2, 0.25) is 0 Å². The zero-order chi connectivity index (χ0) is 21.9. The van der Waals surface area contributed by atoms with Gasteiger partial charge in [-0.1, -0.05) is 23.8 Å². The number of carbonyl (C=O) groups is 2. The van der Waals surface area contributed by atoms with Gasteiger partial charge in [-0.05, 0) is 63.4 Å².